The monoisotopic (exact) mass is 260 g/mol. The number of aromatic nitrogens is 1. The number of nitrogens with zero attached hydrogens (tertiary/aromatic N) is 2. The Labute approximate surface area is 112 Å². The molecule has 3 nitrogen and oxygen atoms in total. The third-order valence-electron chi connectivity index (χ3n) is 3.05. The van der Waals surface area contributed by atoms with Gasteiger partial charge in [-0.15, -0.1) is 0 Å². The van der Waals surface area contributed by atoms with Gasteiger partial charge in [-0.25, -0.2) is 4.39 Å². The molecule has 0 aliphatic carbocycles. The quantitative estimate of drug-likeness (QED) is 0.896. The van der Waals surface area contributed by atoms with Gasteiger partial charge in [0.2, 0.25) is 0 Å². The largest absolute Gasteiger partial charge is 0.392 e. The Hall–Kier alpha value is -1.94. The SMILES string of the molecule is CN(CCc1ccncc1)c1cc(F)cc(CO)c1. The first kappa shape index (κ1) is 13.5. The van der Waals surface area contributed by atoms with Crippen molar-refractivity contribution >= 4 is 5.69 Å². The zero-order valence-corrected chi connectivity index (χ0v) is 10.9. The predicted molar refractivity (Wildman–Crippen MR) is 73.5 cm³/mol. The van der Waals surface area contributed by atoms with Crippen LogP contribution in [0.25, 0.3) is 0 Å². The molecule has 2 rings (SSSR count). The molecule has 4 heteroatoms. The molecule has 1 N–H and O–H groups in total. The summed E-state index contributed by atoms with van der Waals surface area (Å²) in [5.41, 5.74) is 2.56. The van der Waals surface area contributed by atoms with E-state index in [4.69, 9.17) is 5.11 Å². The molecule has 2 aromatic rings. The van der Waals surface area contributed by atoms with Crippen molar-refractivity contribution in [3.63, 3.8) is 0 Å². The molecule has 0 spiro atoms. The minimum atomic E-state index is -0.322. The molecule has 0 unspecified atom stereocenters. The molecular formula is C15H17FN2O. The van der Waals surface area contributed by atoms with Gasteiger partial charge in [0.25, 0.3) is 0 Å². The summed E-state index contributed by atoms with van der Waals surface area (Å²) < 4.78 is 13.4. The normalized spacial score (nSPS) is 10.5. The molecule has 0 aliphatic heterocycles. The second kappa shape index (κ2) is 6.29. The van der Waals surface area contributed by atoms with Gasteiger partial charge in [-0.1, -0.05) is 0 Å². The Morgan fingerprint density at radius 2 is 1.89 bits per heavy atom. The van der Waals surface area contributed by atoms with Crippen molar-refractivity contribution in [1.82, 2.24) is 4.98 Å². The second-order valence-electron chi connectivity index (χ2n) is 4.50. The van der Waals surface area contributed by atoms with Gasteiger partial charge in [0.1, 0.15) is 5.82 Å². The minimum Gasteiger partial charge on any atom is -0.392 e. The highest BCUT2D eigenvalue weighted by Gasteiger charge is 2.05. The van der Waals surface area contributed by atoms with Crippen LogP contribution < -0.4 is 4.90 Å². The summed E-state index contributed by atoms with van der Waals surface area (Å²) in [5.74, 6) is -0.322. The van der Waals surface area contributed by atoms with Crippen molar-refractivity contribution in [2.45, 2.75) is 13.0 Å². The number of benzene rings is 1. The van der Waals surface area contributed by atoms with Gasteiger partial charge in [0.15, 0.2) is 0 Å². The van der Waals surface area contributed by atoms with Crippen molar-refractivity contribution in [3.8, 4) is 0 Å². The summed E-state index contributed by atoms with van der Waals surface area (Å²) in [7, 11) is 1.91. The van der Waals surface area contributed by atoms with Crippen LogP contribution in [0, 0.1) is 5.82 Å². The van der Waals surface area contributed by atoms with E-state index in [1.165, 1.54) is 17.7 Å². The molecule has 0 saturated carbocycles. The van der Waals surface area contributed by atoms with Crippen LogP contribution in [-0.2, 0) is 13.0 Å². The third-order valence-corrected chi connectivity index (χ3v) is 3.05. The maximum absolute atomic E-state index is 13.4. The summed E-state index contributed by atoms with van der Waals surface area (Å²) in [6, 6.07) is 8.57. The second-order valence-corrected chi connectivity index (χ2v) is 4.50. The van der Waals surface area contributed by atoms with Crippen LogP contribution in [0.4, 0.5) is 10.1 Å². The fraction of sp³-hybridized carbons (Fsp3) is 0.267. The fourth-order valence-corrected chi connectivity index (χ4v) is 1.92. The van der Waals surface area contributed by atoms with Gasteiger partial charge < -0.3 is 10.0 Å². The summed E-state index contributed by atoms with van der Waals surface area (Å²) in [4.78, 5) is 5.95. The topological polar surface area (TPSA) is 36.4 Å². The zero-order chi connectivity index (χ0) is 13.7. The van der Waals surface area contributed by atoms with Crippen molar-refractivity contribution in [2.75, 3.05) is 18.5 Å². The first-order valence-corrected chi connectivity index (χ1v) is 6.19. The van der Waals surface area contributed by atoms with E-state index >= 15 is 0 Å². The summed E-state index contributed by atoms with van der Waals surface area (Å²) >= 11 is 0. The van der Waals surface area contributed by atoms with Gasteiger partial charge >= 0.3 is 0 Å². The number of hydrogen-bond acceptors (Lipinski definition) is 3. The molecule has 0 saturated heterocycles. The lowest BCUT2D eigenvalue weighted by Gasteiger charge is -2.20. The van der Waals surface area contributed by atoms with Crippen molar-refractivity contribution in [3.05, 3.63) is 59.7 Å². The van der Waals surface area contributed by atoms with E-state index in [0.29, 0.717) is 5.56 Å². The lowest BCUT2D eigenvalue weighted by Crippen LogP contribution is -2.20. The molecule has 19 heavy (non-hydrogen) atoms. The molecule has 0 atom stereocenters. The maximum Gasteiger partial charge on any atom is 0.125 e. The lowest BCUT2D eigenvalue weighted by atomic mass is 10.1. The first-order valence-electron chi connectivity index (χ1n) is 6.19. The zero-order valence-electron chi connectivity index (χ0n) is 10.9. The van der Waals surface area contributed by atoms with E-state index in [9.17, 15) is 4.39 Å². The van der Waals surface area contributed by atoms with E-state index in [0.717, 1.165) is 18.7 Å². The highest BCUT2D eigenvalue weighted by atomic mass is 19.1. The number of aliphatic hydroxyl groups excluding tert-OH is 1. The highest BCUT2D eigenvalue weighted by molar-refractivity contribution is 5.48. The van der Waals surface area contributed by atoms with Gasteiger partial charge in [-0.2, -0.15) is 0 Å². The molecule has 1 aromatic carbocycles. The lowest BCUT2D eigenvalue weighted by molar-refractivity contribution is 0.281. The van der Waals surface area contributed by atoms with E-state index in [-0.39, 0.29) is 12.4 Å². The summed E-state index contributed by atoms with van der Waals surface area (Å²) in [6.45, 7) is 0.626. The van der Waals surface area contributed by atoms with Crippen LogP contribution in [0.3, 0.4) is 0 Å². The average Bonchev–Trinajstić information content (AvgIpc) is 2.45. The summed E-state index contributed by atoms with van der Waals surface area (Å²) in [5, 5.41) is 9.08. The number of pyridine rings is 1. The van der Waals surface area contributed by atoms with Crippen LogP contribution in [0.2, 0.25) is 0 Å². The predicted octanol–water partition coefficient (Wildman–Crippen LogP) is 2.39. The van der Waals surface area contributed by atoms with Crippen molar-refractivity contribution in [2.24, 2.45) is 0 Å². The van der Waals surface area contributed by atoms with Crippen LogP contribution in [-0.4, -0.2) is 23.7 Å². The smallest absolute Gasteiger partial charge is 0.125 e. The number of hydrogen-bond donors (Lipinski definition) is 1. The van der Waals surface area contributed by atoms with Crippen LogP contribution >= 0.6 is 0 Å². The van der Waals surface area contributed by atoms with Crippen LogP contribution in [0.15, 0.2) is 42.7 Å². The third kappa shape index (κ3) is 3.76. The van der Waals surface area contributed by atoms with Gasteiger partial charge in [0, 0.05) is 31.7 Å². The first-order chi connectivity index (χ1) is 9.19. The Kier molecular flexibility index (Phi) is 4.47. The highest BCUT2D eigenvalue weighted by Crippen LogP contribution is 2.18. The Bertz CT molecular complexity index is 531. The average molecular weight is 260 g/mol. The Morgan fingerprint density at radius 1 is 1.16 bits per heavy atom. The van der Waals surface area contributed by atoms with Gasteiger partial charge in [-0.3, -0.25) is 4.98 Å². The molecule has 0 radical (unpaired) electrons. The van der Waals surface area contributed by atoms with Crippen LogP contribution in [0.1, 0.15) is 11.1 Å². The minimum absolute atomic E-state index is 0.150. The van der Waals surface area contributed by atoms with Gasteiger partial charge in [-0.05, 0) is 47.9 Å². The van der Waals surface area contributed by atoms with E-state index in [2.05, 4.69) is 4.98 Å². The molecular weight excluding hydrogens is 243 g/mol. The van der Waals surface area contributed by atoms with Crippen LogP contribution in [0.5, 0.6) is 0 Å². The molecule has 0 fully saturated rings. The fourth-order valence-electron chi connectivity index (χ4n) is 1.92. The number of likely N-dealkylation sites (N-methyl/N-ethyl adjacent to an activating group) is 1. The number of rotatable bonds is 5. The molecule has 0 aliphatic rings. The standard InChI is InChI=1S/C15H17FN2O/c1-18(7-4-12-2-5-17-6-3-12)15-9-13(11-19)8-14(16)10-15/h2-3,5-6,8-10,19H,4,7,11H2,1H3. The molecule has 100 valence electrons. The number of halogens is 1. The van der Waals surface area contributed by atoms with Crippen molar-refractivity contribution < 1.29 is 9.50 Å². The van der Waals surface area contributed by atoms with E-state index in [1.807, 2.05) is 24.1 Å². The maximum atomic E-state index is 13.4. The Morgan fingerprint density at radius 3 is 2.58 bits per heavy atom. The number of anilines is 1. The van der Waals surface area contributed by atoms with Gasteiger partial charge in [0.05, 0.1) is 6.61 Å². The summed E-state index contributed by atoms with van der Waals surface area (Å²) in [6.07, 6.45) is 4.40. The van der Waals surface area contributed by atoms with E-state index in [1.54, 1.807) is 18.5 Å². The van der Waals surface area contributed by atoms with Crippen molar-refractivity contribution in [1.29, 1.82) is 0 Å². The Balaban J connectivity index is 2.03. The molecule has 0 bridgehead atoms. The molecule has 1 aromatic heterocycles. The molecule has 1 heterocycles. The van der Waals surface area contributed by atoms with E-state index < -0.39 is 0 Å². The number of aliphatic hydroxyl groups is 1. The molecule has 0 amide bonds.